The van der Waals surface area contributed by atoms with Gasteiger partial charge >= 0.3 is 5.97 Å². The van der Waals surface area contributed by atoms with Crippen LogP contribution in [-0.4, -0.2) is 32.4 Å². The number of nitrogen functional groups attached to an aromatic ring is 1. The number of carbonyl (C=O) groups excluding carboxylic acids is 1. The van der Waals surface area contributed by atoms with E-state index in [1.807, 2.05) is 0 Å². The molecule has 0 atom stereocenters. The van der Waals surface area contributed by atoms with Crippen LogP contribution in [-0.2, 0) is 9.47 Å². The lowest BCUT2D eigenvalue weighted by atomic mass is 10.0. The van der Waals surface area contributed by atoms with Crippen LogP contribution in [0.25, 0.3) is 0 Å². The molecule has 116 valence electrons. The Morgan fingerprint density at radius 2 is 2.14 bits per heavy atom. The molecule has 1 aliphatic rings. The minimum Gasteiger partial charge on any atom is -0.490 e. The SMILES string of the molecule is CCOC(=O)c1cc(OCC2CCOCC2)c(F)cc1N. The van der Waals surface area contributed by atoms with Crippen molar-refractivity contribution in [3.63, 3.8) is 0 Å². The number of halogens is 1. The van der Waals surface area contributed by atoms with Gasteiger partial charge in [0.05, 0.1) is 18.8 Å². The van der Waals surface area contributed by atoms with Crippen LogP contribution in [0.3, 0.4) is 0 Å². The first-order valence-corrected chi connectivity index (χ1v) is 7.08. The van der Waals surface area contributed by atoms with Crippen molar-refractivity contribution >= 4 is 11.7 Å². The fraction of sp³-hybridized carbons (Fsp3) is 0.533. The fourth-order valence-corrected chi connectivity index (χ4v) is 2.19. The van der Waals surface area contributed by atoms with Crippen molar-refractivity contribution in [2.24, 2.45) is 5.92 Å². The summed E-state index contributed by atoms with van der Waals surface area (Å²) < 4.78 is 29.5. The van der Waals surface area contributed by atoms with Crippen LogP contribution in [0.15, 0.2) is 12.1 Å². The normalized spacial score (nSPS) is 15.7. The third-order valence-corrected chi connectivity index (χ3v) is 3.41. The summed E-state index contributed by atoms with van der Waals surface area (Å²) in [6.07, 6.45) is 1.78. The first-order chi connectivity index (χ1) is 10.1. The number of ether oxygens (including phenoxy) is 3. The monoisotopic (exact) mass is 297 g/mol. The average Bonchev–Trinajstić information content (AvgIpc) is 2.47. The van der Waals surface area contributed by atoms with Crippen LogP contribution < -0.4 is 10.5 Å². The summed E-state index contributed by atoms with van der Waals surface area (Å²) in [5.41, 5.74) is 5.82. The molecule has 2 rings (SSSR count). The van der Waals surface area contributed by atoms with Crippen molar-refractivity contribution in [3.8, 4) is 5.75 Å². The predicted octanol–water partition coefficient (Wildman–Crippen LogP) is 2.39. The summed E-state index contributed by atoms with van der Waals surface area (Å²) in [6.45, 7) is 3.72. The predicted molar refractivity (Wildman–Crippen MR) is 75.8 cm³/mol. The zero-order valence-electron chi connectivity index (χ0n) is 12.1. The highest BCUT2D eigenvalue weighted by Crippen LogP contribution is 2.26. The molecule has 2 N–H and O–H groups in total. The maximum absolute atomic E-state index is 13.9. The lowest BCUT2D eigenvalue weighted by molar-refractivity contribution is 0.0489. The molecule has 1 fully saturated rings. The third-order valence-electron chi connectivity index (χ3n) is 3.41. The molecular formula is C15H20FNO4. The average molecular weight is 297 g/mol. The van der Waals surface area contributed by atoms with Gasteiger partial charge in [-0.2, -0.15) is 0 Å². The number of hydrogen-bond donors (Lipinski definition) is 1. The molecule has 1 heterocycles. The summed E-state index contributed by atoms with van der Waals surface area (Å²) in [5, 5.41) is 0. The van der Waals surface area contributed by atoms with Gasteiger partial charge in [-0.1, -0.05) is 0 Å². The Bertz CT molecular complexity index is 501. The van der Waals surface area contributed by atoms with Crippen LogP contribution in [0.4, 0.5) is 10.1 Å². The second-order valence-corrected chi connectivity index (χ2v) is 4.96. The molecule has 5 nitrogen and oxygen atoms in total. The zero-order valence-corrected chi connectivity index (χ0v) is 12.1. The van der Waals surface area contributed by atoms with E-state index in [2.05, 4.69) is 0 Å². The topological polar surface area (TPSA) is 70.8 Å². The maximum Gasteiger partial charge on any atom is 0.340 e. The molecule has 6 heteroatoms. The summed E-state index contributed by atoms with van der Waals surface area (Å²) in [7, 11) is 0. The molecule has 1 aromatic rings. The van der Waals surface area contributed by atoms with Crippen molar-refractivity contribution < 1.29 is 23.4 Å². The van der Waals surface area contributed by atoms with Gasteiger partial charge in [-0.05, 0) is 31.7 Å². The molecule has 0 aliphatic carbocycles. The number of rotatable bonds is 5. The van der Waals surface area contributed by atoms with Gasteiger partial charge in [0.2, 0.25) is 0 Å². The van der Waals surface area contributed by atoms with Gasteiger partial charge in [0.1, 0.15) is 0 Å². The van der Waals surface area contributed by atoms with E-state index < -0.39 is 11.8 Å². The molecule has 21 heavy (non-hydrogen) atoms. The first-order valence-electron chi connectivity index (χ1n) is 7.08. The van der Waals surface area contributed by atoms with Crippen molar-refractivity contribution in [2.75, 3.05) is 32.2 Å². The highest BCUT2D eigenvalue weighted by atomic mass is 19.1. The van der Waals surface area contributed by atoms with E-state index in [4.69, 9.17) is 19.9 Å². The molecule has 0 amide bonds. The van der Waals surface area contributed by atoms with Crippen molar-refractivity contribution in [3.05, 3.63) is 23.5 Å². The van der Waals surface area contributed by atoms with Gasteiger partial charge in [-0.3, -0.25) is 0 Å². The van der Waals surface area contributed by atoms with Gasteiger partial charge < -0.3 is 19.9 Å². The number of carbonyl (C=O) groups is 1. The highest BCUT2D eigenvalue weighted by Gasteiger charge is 2.18. The number of hydrogen-bond acceptors (Lipinski definition) is 5. The molecule has 0 bridgehead atoms. The van der Waals surface area contributed by atoms with Crippen molar-refractivity contribution in [1.82, 2.24) is 0 Å². The summed E-state index contributed by atoms with van der Waals surface area (Å²) >= 11 is 0. The fourth-order valence-electron chi connectivity index (χ4n) is 2.19. The minimum atomic E-state index is -0.578. The standard InChI is InChI=1S/C15H20FNO4/c1-2-20-15(18)11-7-14(12(16)8-13(11)17)21-9-10-3-5-19-6-4-10/h7-8,10H,2-6,9,17H2,1H3. The molecule has 1 saturated heterocycles. The van der Waals surface area contributed by atoms with Gasteiger partial charge in [0.25, 0.3) is 0 Å². The Labute approximate surface area is 123 Å². The largest absolute Gasteiger partial charge is 0.490 e. The van der Waals surface area contributed by atoms with Gasteiger partial charge in [-0.25, -0.2) is 9.18 Å². The summed E-state index contributed by atoms with van der Waals surface area (Å²) in [5.74, 6) is -0.793. The van der Waals surface area contributed by atoms with Crippen LogP contribution in [0.2, 0.25) is 0 Å². The van der Waals surface area contributed by atoms with E-state index in [1.54, 1.807) is 6.92 Å². The second kappa shape index (κ2) is 7.26. The van der Waals surface area contributed by atoms with E-state index in [9.17, 15) is 9.18 Å². The molecule has 0 aromatic heterocycles. The Balaban J connectivity index is 2.07. The zero-order chi connectivity index (χ0) is 15.2. The molecule has 0 spiro atoms. The smallest absolute Gasteiger partial charge is 0.340 e. The van der Waals surface area contributed by atoms with E-state index in [1.165, 1.54) is 6.07 Å². The van der Waals surface area contributed by atoms with E-state index >= 15 is 0 Å². The lowest BCUT2D eigenvalue weighted by Gasteiger charge is -2.22. The molecule has 1 aliphatic heterocycles. The number of nitrogens with two attached hydrogens (primary N) is 1. The third kappa shape index (κ3) is 4.07. The van der Waals surface area contributed by atoms with Crippen molar-refractivity contribution in [1.29, 1.82) is 0 Å². The molecule has 0 unspecified atom stereocenters. The molecule has 0 saturated carbocycles. The van der Waals surface area contributed by atoms with E-state index in [0.29, 0.717) is 25.7 Å². The maximum atomic E-state index is 13.9. The van der Waals surface area contributed by atoms with Crippen LogP contribution >= 0.6 is 0 Å². The quantitative estimate of drug-likeness (QED) is 0.667. The Hall–Kier alpha value is -1.82. The van der Waals surface area contributed by atoms with E-state index in [0.717, 1.165) is 18.9 Å². The number of anilines is 1. The lowest BCUT2D eigenvalue weighted by Crippen LogP contribution is -2.21. The second-order valence-electron chi connectivity index (χ2n) is 4.96. The van der Waals surface area contributed by atoms with Crippen LogP contribution in [0.5, 0.6) is 5.75 Å². The highest BCUT2D eigenvalue weighted by molar-refractivity contribution is 5.95. The molecule has 0 radical (unpaired) electrons. The first kappa shape index (κ1) is 15.6. The Morgan fingerprint density at radius 1 is 1.43 bits per heavy atom. The number of benzene rings is 1. The van der Waals surface area contributed by atoms with E-state index in [-0.39, 0.29) is 23.6 Å². The van der Waals surface area contributed by atoms with Gasteiger partial charge in [-0.15, -0.1) is 0 Å². The number of esters is 1. The van der Waals surface area contributed by atoms with Crippen molar-refractivity contribution in [2.45, 2.75) is 19.8 Å². The minimum absolute atomic E-state index is 0.0266. The Kier molecular flexibility index (Phi) is 5.38. The van der Waals surface area contributed by atoms with Gasteiger partial charge in [0, 0.05) is 25.0 Å². The summed E-state index contributed by atoms with van der Waals surface area (Å²) in [6, 6.07) is 2.40. The Morgan fingerprint density at radius 3 is 2.81 bits per heavy atom. The summed E-state index contributed by atoms with van der Waals surface area (Å²) in [4.78, 5) is 11.7. The molecular weight excluding hydrogens is 277 g/mol. The van der Waals surface area contributed by atoms with Crippen LogP contribution in [0.1, 0.15) is 30.1 Å². The molecule has 1 aromatic carbocycles. The van der Waals surface area contributed by atoms with Crippen LogP contribution in [0, 0.1) is 11.7 Å². The van der Waals surface area contributed by atoms with Gasteiger partial charge in [0.15, 0.2) is 11.6 Å².